The van der Waals surface area contributed by atoms with E-state index in [2.05, 4.69) is 10.2 Å². The molecule has 1 heterocycles. The molecule has 2 N–H and O–H groups in total. The fourth-order valence-corrected chi connectivity index (χ4v) is 2.16. The molecule has 0 aromatic rings. The number of aliphatic hydroxyl groups is 1. The molecule has 1 amide bonds. The van der Waals surface area contributed by atoms with Crippen molar-refractivity contribution in [3.8, 4) is 0 Å². The normalized spacial score (nSPS) is 19.7. The molecule has 0 spiro atoms. The third kappa shape index (κ3) is 5.80. The van der Waals surface area contributed by atoms with Crippen LogP contribution < -0.4 is 5.32 Å². The van der Waals surface area contributed by atoms with Crippen LogP contribution in [-0.2, 0) is 9.53 Å². The Labute approximate surface area is 109 Å². The van der Waals surface area contributed by atoms with E-state index in [-0.39, 0.29) is 17.9 Å². The third-order valence-electron chi connectivity index (χ3n) is 3.37. The van der Waals surface area contributed by atoms with Gasteiger partial charge in [0.25, 0.3) is 0 Å². The van der Waals surface area contributed by atoms with Gasteiger partial charge in [-0.3, -0.25) is 4.79 Å². The number of aliphatic hydroxyl groups excluding tert-OH is 1. The Morgan fingerprint density at radius 2 is 2.17 bits per heavy atom. The highest BCUT2D eigenvalue weighted by molar-refractivity contribution is 5.78. The van der Waals surface area contributed by atoms with Crippen LogP contribution >= 0.6 is 0 Å². The second kappa shape index (κ2) is 8.45. The monoisotopic (exact) mass is 258 g/mol. The van der Waals surface area contributed by atoms with E-state index in [1.807, 2.05) is 6.92 Å². The zero-order valence-corrected chi connectivity index (χ0v) is 11.5. The first kappa shape index (κ1) is 15.4. The molecule has 0 aromatic heterocycles. The number of ether oxygens (including phenoxy) is 1. The molecule has 0 radical (unpaired) electrons. The summed E-state index contributed by atoms with van der Waals surface area (Å²) in [6.45, 7) is 5.97. The maximum absolute atomic E-state index is 11.6. The van der Waals surface area contributed by atoms with Crippen LogP contribution in [0.1, 0.15) is 26.2 Å². The number of nitrogens with one attached hydrogen (secondary N) is 1. The Bertz CT molecular complexity index is 240. The largest absolute Gasteiger partial charge is 0.393 e. The van der Waals surface area contributed by atoms with Crippen LogP contribution in [-0.4, -0.2) is 61.9 Å². The van der Waals surface area contributed by atoms with Gasteiger partial charge in [0.2, 0.25) is 5.91 Å². The van der Waals surface area contributed by atoms with Gasteiger partial charge in [0.05, 0.1) is 18.6 Å². The van der Waals surface area contributed by atoms with Crippen molar-refractivity contribution in [3.63, 3.8) is 0 Å². The zero-order chi connectivity index (χ0) is 13.4. The molecule has 1 rings (SSSR count). The molecule has 0 aliphatic carbocycles. The van der Waals surface area contributed by atoms with Gasteiger partial charge in [0.15, 0.2) is 0 Å². The van der Waals surface area contributed by atoms with Gasteiger partial charge in [-0.1, -0.05) is 6.92 Å². The van der Waals surface area contributed by atoms with Crippen LogP contribution in [0.2, 0.25) is 0 Å². The third-order valence-corrected chi connectivity index (χ3v) is 3.37. The van der Waals surface area contributed by atoms with Crippen LogP contribution in [0.25, 0.3) is 0 Å². The lowest BCUT2D eigenvalue weighted by Crippen LogP contribution is -2.38. The fraction of sp³-hybridized carbons (Fsp3) is 0.923. The van der Waals surface area contributed by atoms with Gasteiger partial charge in [-0.05, 0) is 25.8 Å². The van der Waals surface area contributed by atoms with Crippen LogP contribution in [0.5, 0.6) is 0 Å². The SMILES string of the molecule is COCC(C)C(=O)NCCCN1CCC(O)CC1. The van der Waals surface area contributed by atoms with Gasteiger partial charge in [0.1, 0.15) is 0 Å². The van der Waals surface area contributed by atoms with E-state index in [9.17, 15) is 9.90 Å². The van der Waals surface area contributed by atoms with E-state index in [1.165, 1.54) is 0 Å². The minimum absolute atomic E-state index is 0.0610. The minimum Gasteiger partial charge on any atom is -0.393 e. The quantitative estimate of drug-likeness (QED) is 0.642. The van der Waals surface area contributed by atoms with Crippen molar-refractivity contribution >= 4 is 5.91 Å². The molecule has 5 heteroatoms. The lowest BCUT2D eigenvalue weighted by atomic mass is 10.1. The van der Waals surface area contributed by atoms with Crippen LogP contribution in [0.15, 0.2) is 0 Å². The molecule has 0 aromatic carbocycles. The molecular weight excluding hydrogens is 232 g/mol. The first-order valence-electron chi connectivity index (χ1n) is 6.80. The number of hydrogen-bond acceptors (Lipinski definition) is 4. The summed E-state index contributed by atoms with van der Waals surface area (Å²) in [5.41, 5.74) is 0. The number of nitrogens with zero attached hydrogens (tertiary/aromatic N) is 1. The van der Waals surface area contributed by atoms with Crippen LogP contribution in [0, 0.1) is 5.92 Å². The highest BCUT2D eigenvalue weighted by Gasteiger charge is 2.16. The molecule has 5 nitrogen and oxygen atoms in total. The maximum Gasteiger partial charge on any atom is 0.225 e. The molecule has 0 bridgehead atoms. The van der Waals surface area contributed by atoms with Gasteiger partial charge in [-0.15, -0.1) is 0 Å². The summed E-state index contributed by atoms with van der Waals surface area (Å²) in [6, 6.07) is 0. The van der Waals surface area contributed by atoms with Crippen molar-refractivity contribution < 1.29 is 14.6 Å². The molecule has 1 atom stereocenters. The highest BCUT2D eigenvalue weighted by Crippen LogP contribution is 2.09. The van der Waals surface area contributed by atoms with Crippen LogP contribution in [0.3, 0.4) is 0 Å². The molecule has 1 aliphatic heterocycles. The number of methoxy groups -OCH3 is 1. The second-order valence-electron chi connectivity index (χ2n) is 5.07. The molecule has 1 aliphatic rings. The summed E-state index contributed by atoms with van der Waals surface area (Å²) in [5, 5.41) is 12.3. The number of piperidine rings is 1. The smallest absolute Gasteiger partial charge is 0.225 e. The standard InChI is InChI=1S/C13H26N2O3/c1-11(10-18-2)13(17)14-6-3-7-15-8-4-12(16)5-9-15/h11-12,16H,3-10H2,1-2H3,(H,14,17). The first-order valence-corrected chi connectivity index (χ1v) is 6.80. The van der Waals surface area contributed by atoms with E-state index in [1.54, 1.807) is 7.11 Å². The predicted molar refractivity (Wildman–Crippen MR) is 70.3 cm³/mol. The Hall–Kier alpha value is -0.650. The molecule has 18 heavy (non-hydrogen) atoms. The number of carbonyl (C=O) groups excluding carboxylic acids is 1. The Morgan fingerprint density at radius 3 is 2.78 bits per heavy atom. The van der Waals surface area contributed by atoms with E-state index in [0.717, 1.165) is 38.9 Å². The first-order chi connectivity index (χ1) is 8.63. The van der Waals surface area contributed by atoms with Crippen LogP contribution in [0.4, 0.5) is 0 Å². The van der Waals surface area contributed by atoms with E-state index in [0.29, 0.717) is 13.2 Å². The maximum atomic E-state index is 11.6. The predicted octanol–water partition coefficient (Wildman–Crippen LogP) is 0.232. The zero-order valence-electron chi connectivity index (χ0n) is 11.5. The summed E-state index contributed by atoms with van der Waals surface area (Å²) in [5.74, 6) is -0.0222. The topological polar surface area (TPSA) is 61.8 Å². The molecule has 106 valence electrons. The number of amides is 1. The van der Waals surface area contributed by atoms with Crippen molar-refractivity contribution in [2.24, 2.45) is 5.92 Å². The summed E-state index contributed by atoms with van der Waals surface area (Å²) in [4.78, 5) is 13.9. The summed E-state index contributed by atoms with van der Waals surface area (Å²) < 4.78 is 4.94. The van der Waals surface area contributed by atoms with Gasteiger partial charge < -0.3 is 20.1 Å². The lowest BCUT2D eigenvalue weighted by Gasteiger charge is -2.29. The Balaban J connectivity index is 2.02. The van der Waals surface area contributed by atoms with Gasteiger partial charge in [-0.25, -0.2) is 0 Å². The average molecular weight is 258 g/mol. The van der Waals surface area contributed by atoms with E-state index in [4.69, 9.17) is 4.74 Å². The Kier molecular flexibility index (Phi) is 7.23. The second-order valence-corrected chi connectivity index (χ2v) is 5.07. The molecular formula is C13H26N2O3. The lowest BCUT2D eigenvalue weighted by molar-refractivity contribution is -0.125. The minimum atomic E-state index is -0.115. The van der Waals surface area contributed by atoms with Gasteiger partial charge >= 0.3 is 0 Å². The number of likely N-dealkylation sites (tertiary alicyclic amines) is 1. The summed E-state index contributed by atoms with van der Waals surface area (Å²) >= 11 is 0. The van der Waals surface area contributed by atoms with Gasteiger partial charge in [0, 0.05) is 26.7 Å². The molecule has 1 saturated heterocycles. The van der Waals surface area contributed by atoms with E-state index < -0.39 is 0 Å². The van der Waals surface area contributed by atoms with E-state index >= 15 is 0 Å². The number of hydrogen-bond donors (Lipinski definition) is 2. The van der Waals surface area contributed by atoms with Crippen molar-refractivity contribution in [2.75, 3.05) is 39.9 Å². The van der Waals surface area contributed by atoms with Crippen molar-refractivity contribution in [1.29, 1.82) is 0 Å². The summed E-state index contributed by atoms with van der Waals surface area (Å²) in [6.07, 6.45) is 2.59. The number of rotatable bonds is 7. The molecule has 0 saturated carbocycles. The van der Waals surface area contributed by atoms with Crippen molar-refractivity contribution in [1.82, 2.24) is 10.2 Å². The van der Waals surface area contributed by atoms with Gasteiger partial charge in [-0.2, -0.15) is 0 Å². The number of carbonyl (C=O) groups is 1. The van der Waals surface area contributed by atoms with Crippen molar-refractivity contribution in [2.45, 2.75) is 32.3 Å². The molecule has 1 fully saturated rings. The highest BCUT2D eigenvalue weighted by atomic mass is 16.5. The van der Waals surface area contributed by atoms with Crippen molar-refractivity contribution in [3.05, 3.63) is 0 Å². The molecule has 1 unspecified atom stereocenters. The Morgan fingerprint density at radius 1 is 1.50 bits per heavy atom. The average Bonchev–Trinajstić information content (AvgIpc) is 2.36. The fourth-order valence-electron chi connectivity index (χ4n) is 2.16. The summed E-state index contributed by atoms with van der Waals surface area (Å²) in [7, 11) is 1.61.